The summed E-state index contributed by atoms with van der Waals surface area (Å²) in [6.45, 7) is 5.07. The molecule has 0 saturated carbocycles. The van der Waals surface area contributed by atoms with Crippen LogP contribution in [0.3, 0.4) is 0 Å². The highest BCUT2D eigenvalue weighted by molar-refractivity contribution is 5.50. The van der Waals surface area contributed by atoms with Gasteiger partial charge in [0.05, 0.1) is 13.2 Å². The van der Waals surface area contributed by atoms with Crippen molar-refractivity contribution in [3.8, 4) is 17.2 Å². The number of phenols is 1. The van der Waals surface area contributed by atoms with Crippen LogP contribution in [0, 0.1) is 0 Å². The van der Waals surface area contributed by atoms with Gasteiger partial charge in [-0.15, -0.1) is 0 Å². The zero-order valence-corrected chi connectivity index (χ0v) is 19.2. The van der Waals surface area contributed by atoms with Gasteiger partial charge >= 0.3 is 0 Å². The van der Waals surface area contributed by atoms with E-state index in [1.54, 1.807) is 12.1 Å². The van der Waals surface area contributed by atoms with Crippen molar-refractivity contribution in [2.75, 3.05) is 32.8 Å². The van der Waals surface area contributed by atoms with Crippen molar-refractivity contribution in [2.24, 2.45) is 0 Å². The highest BCUT2D eigenvalue weighted by Gasteiger charge is 2.33. The zero-order valence-electron chi connectivity index (χ0n) is 19.2. The second kappa shape index (κ2) is 10.3. The fraction of sp³-hybridized carbons (Fsp3) is 0.379. The SMILES string of the molecule is Oc1ccc2c(c1)OC[C@H](c1ccccc1)C2c1ccc(OCCCCN2CCCC2)cc1. The summed E-state index contributed by atoms with van der Waals surface area (Å²) in [6, 6.07) is 24.6. The molecule has 4 heteroatoms. The number of likely N-dealkylation sites (tertiary alicyclic amines) is 1. The first-order valence-corrected chi connectivity index (χ1v) is 12.2. The van der Waals surface area contributed by atoms with E-state index in [1.165, 1.54) is 50.0 Å². The average molecular weight is 444 g/mol. The molecule has 0 aliphatic carbocycles. The summed E-state index contributed by atoms with van der Waals surface area (Å²) in [7, 11) is 0. The minimum absolute atomic E-state index is 0.159. The van der Waals surface area contributed by atoms with Crippen molar-refractivity contribution in [1.82, 2.24) is 4.90 Å². The molecule has 2 heterocycles. The van der Waals surface area contributed by atoms with Crippen LogP contribution < -0.4 is 9.47 Å². The third-order valence-corrected chi connectivity index (χ3v) is 6.96. The Morgan fingerprint density at radius 2 is 1.67 bits per heavy atom. The van der Waals surface area contributed by atoms with Gasteiger partial charge in [0.15, 0.2) is 0 Å². The van der Waals surface area contributed by atoms with Crippen molar-refractivity contribution in [2.45, 2.75) is 37.5 Å². The van der Waals surface area contributed by atoms with Crippen molar-refractivity contribution >= 4 is 0 Å². The van der Waals surface area contributed by atoms with Crippen LogP contribution in [0.15, 0.2) is 72.8 Å². The van der Waals surface area contributed by atoms with E-state index in [2.05, 4.69) is 53.4 Å². The number of nitrogens with zero attached hydrogens (tertiary/aromatic N) is 1. The largest absolute Gasteiger partial charge is 0.508 e. The molecule has 3 aromatic rings. The summed E-state index contributed by atoms with van der Waals surface area (Å²) < 4.78 is 12.1. The standard InChI is InChI=1S/C29H33NO3/c31-24-12-15-26-28(20-24)33-21-27(22-8-2-1-3-9-22)29(26)23-10-13-25(14-11-23)32-19-7-6-18-30-16-4-5-17-30/h1-3,8-15,20,27,29,31H,4-7,16-19,21H2/t27-,29?/m1/s1. The molecular formula is C29H33NO3. The van der Waals surface area contributed by atoms with Gasteiger partial charge in [-0.1, -0.05) is 48.5 Å². The van der Waals surface area contributed by atoms with E-state index < -0.39 is 0 Å². The van der Waals surface area contributed by atoms with Gasteiger partial charge < -0.3 is 19.5 Å². The molecule has 33 heavy (non-hydrogen) atoms. The number of phenolic OH excluding ortho intramolecular Hbond substituents is 1. The number of rotatable bonds is 8. The van der Waals surface area contributed by atoms with E-state index in [0.717, 1.165) is 30.1 Å². The molecule has 3 aromatic carbocycles. The molecule has 172 valence electrons. The smallest absolute Gasteiger partial charge is 0.126 e. The Morgan fingerprint density at radius 1 is 0.879 bits per heavy atom. The van der Waals surface area contributed by atoms with Gasteiger partial charge in [-0.2, -0.15) is 0 Å². The van der Waals surface area contributed by atoms with E-state index in [0.29, 0.717) is 6.61 Å². The zero-order chi connectivity index (χ0) is 22.5. The number of aromatic hydroxyl groups is 1. The topological polar surface area (TPSA) is 41.9 Å². The van der Waals surface area contributed by atoms with E-state index in [9.17, 15) is 5.11 Å². The minimum atomic E-state index is 0.159. The van der Waals surface area contributed by atoms with E-state index in [4.69, 9.17) is 9.47 Å². The summed E-state index contributed by atoms with van der Waals surface area (Å²) in [6.07, 6.45) is 4.99. The molecule has 0 aromatic heterocycles. The van der Waals surface area contributed by atoms with Gasteiger partial charge in [0.2, 0.25) is 0 Å². The predicted molar refractivity (Wildman–Crippen MR) is 131 cm³/mol. The molecule has 0 bridgehead atoms. The summed E-state index contributed by atoms with van der Waals surface area (Å²) in [4.78, 5) is 2.56. The monoisotopic (exact) mass is 443 g/mol. The van der Waals surface area contributed by atoms with Crippen LogP contribution in [0.1, 0.15) is 54.2 Å². The fourth-order valence-electron chi connectivity index (χ4n) is 5.20. The molecule has 5 rings (SSSR count). The first kappa shape index (κ1) is 21.8. The Balaban J connectivity index is 1.28. The third kappa shape index (κ3) is 5.17. The lowest BCUT2D eigenvalue weighted by atomic mass is 9.76. The summed E-state index contributed by atoms with van der Waals surface area (Å²) in [5, 5.41) is 9.95. The molecule has 2 aliphatic rings. The quantitative estimate of drug-likeness (QED) is 0.437. The lowest BCUT2D eigenvalue weighted by Gasteiger charge is -2.34. The van der Waals surface area contributed by atoms with Gasteiger partial charge in [-0.25, -0.2) is 0 Å². The van der Waals surface area contributed by atoms with Crippen LogP contribution in [0.25, 0.3) is 0 Å². The van der Waals surface area contributed by atoms with Gasteiger partial charge in [-0.3, -0.25) is 0 Å². The molecule has 1 unspecified atom stereocenters. The lowest BCUT2D eigenvalue weighted by molar-refractivity contribution is 0.247. The number of fused-ring (bicyclic) bond motifs is 1. The maximum Gasteiger partial charge on any atom is 0.126 e. The molecule has 1 N–H and O–H groups in total. The molecular weight excluding hydrogens is 410 g/mol. The van der Waals surface area contributed by atoms with Gasteiger partial charge in [0.25, 0.3) is 0 Å². The third-order valence-electron chi connectivity index (χ3n) is 6.96. The van der Waals surface area contributed by atoms with Crippen LogP contribution in [-0.4, -0.2) is 42.9 Å². The molecule has 2 aliphatic heterocycles. The first-order chi connectivity index (χ1) is 16.3. The summed E-state index contributed by atoms with van der Waals surface area (Å²) in [5.74, 6) is 2.30. The van der Waals surface area contributed by atoms with Crippen LogP contribution >= 0.6 is 0 Å². The number of ether oxygens (including phenoxy) is 2. The maximum absolute atomic E-state index is 9.95. The van der Waals surface area contributed by atoms with E-state index in [-0.39, 0.29) is 17.6 Å². The first-order valence-electron chi connectivity index (χ1n) is 12.2. The van der Waals surface area contributed by atoms with Crippen LogP contribution in [-0.2, 0) is 0 Å². The molecule has 1 saturated heterocycles. The highest BCUT2D eigenvalue weighted by atomic mass is 16.5. The lowest BCUT2D eigenvalue weighted by Crippen LogP contribution is -2.25. The normalized spacial score (nSPS) is 20.2. The van der Waals surface area contributed by atoms with Crippen LogP contribution in [0.4, 0.5) is 0 Å². The number of hydrogen-bond acceptors (Lipinski definition) is 4. The number of unbranched alkanes of at least 4 members (excludes halogenated alkanes) is 1. The molecule has 0 amide bonds. The Kier molecular flexibility index (Phi) is 6.82. The van der Waals surface area contributed by atoms with Crippen molar-refractivity contribution in [3.63, 3.8) is 0 Å². The van der Waals surface area contributed by atoms with Crippen molar-refractivity contribution < 1.29 is 14.6 Å². The average Bonchev–Trinajstić information content (AvgIpc) is 3.38. The Bertz CT molecular complexity index is 1030. The maximum atomic E-state index is 9.95. The predicted octanol–water partition coefficient (Wildman–Crippen LogP) is 5.96. The number of benzene rings is 3. The molecule has 4 nitrogen and oxygen atoms in total. The molecule has 2 atom stereocenters. The molecule has 0 spiro atoms. The molecule has 1 fully saturated rings. The number of hydrogen-bond donors (Lipinski definition) is 1. The van der Waals surface area contributed by atoms with E-state index in [1.807, 2.05) is 12.1 Å². The fourth-order valence-corrected chi connectivity index (χ4v) is 5.20. The van der Waals surface area contributed by atoms with Gasteiger partial charge in [0, 0.05) is 23.5 Å². The van der Waals surface area contributed by atoms with E-state index >= 15 is 0 Å². The van der Waals surface area contributed by atoms with Crippen LogP contribution in [0.2, 0.25) is 0 Å². The second-order valence-electron chi connectivity index (χ2n) is 9.20. The highest BCUT2D eigenvalue weighted by Crippen LogP contribution is 2.47. The second-order valence-corrected chi connectivity index (χ2v) is 9.20. The summed E-state index contributed by atoms with van der Waals surface area (Å²) >= 11 is 0. The Hall–Kier alpha value is -2.98. The summed E-state index contributed by atoms with van der Waals surface area (Å²) in [5.41, 5.74) is 3.61. The van der Waals surface area contributed by atoms with Crippen LogP contribution in [0.5, 0.6) is 17.2 Å². The molecule has 0 radical (unpaired) electrons. The Labute approximate surface area is 196 Å². The van der Waals surface area contributed by atoms with Crippen molar-refractivity contribution in [1.29, 1.82) is 0 Å². The van der Waals surface area contributed by atoms with Gasteiger partial charge in [-0.05, 0) is 74.6 Å². The van der Waals surface area contributed by atoms with Gasteiger partial charge in [0.1, 0.15) is 17.2 Å². The Morgan fingerprint density at radius 3 is 2.45 bits per heavy atom. The minimum Gasteiger partial charge on any atom is -0.508 e. The van der Waals surface area contributed by atoms with Crippen molar-refractivity contribution in [3.05, 3.63) is 89.5 Å².